The minimum absolute atomic E-state index is 0.593. The first-order valence-corrected chi connectivity index (χ1v) is 9.44. The fraction of sp³-hybridized carbons (Fsp3) is 0.833. The van der Waals surface area contributed by atoms with E-state index >= 15 is 0 Å². The van der Waals surface area contributed by atoms with E-state index in [1.54, 1.807) is 0 Å². The molecule has 0 bridgehead atoms. The summed E-state index contributed by atoms with van der Waals surface area (Å²) >= 11 is 0. The van der Waals surface area contributed by atoms with Crippen molar-refractivity contribution in [3.05, 3.63) is 18.0 Å². The van der Waals surface area contributed by atoms with E-state index < -0.39 is 0 Å². The number of hydrogen-bond donors (Lipinski definition) is 0. The second-order valence-corrected chi connectivity index (χ2v) is 7.38. The maximum Gasteiger partial charge on any atom is 0.0594 e. The lowest BCUT2D eigenvalue weighted by molar-refractivity contribution is -0.00545. The summed E-state index contributed by atoms with van der Waals surface area (Å²) in [6.07, 6.45) is 8.96. The molecule has 3 aliphatic rings. The van der Waals surface area contributed by atoms with Crippen LogP contribution in [0.15, 0.2) is 12.4 Å². The Bertz CT molecular complexity index is 497. The molecule has 6 nitrogen and oxygen atoms in total. The predicted molar refractivity (Wildman–Crippen MR) is 92.0 cm³/mol. The second kappa shape index (κ2) is 7.52. The van der Waals surface area contributed by atoms with E-state index in [4.69, 9.17) is 9.47 Å². The number of aryl methyl sites for hydroxylation is 1. The number of aromatic nitrogens is 2. The first-order valence-electron chi connectivity index (χ1n) is 9.44. The number of hydrogen-bond acceptors (Lipinski definition) is 5. The minimum atomic E-state index is 0.593. The van der Waals surface area contributed by atoms with Gasteiger partial charge in [-0.25, -0.2) is 0 Å². The molecule has 0 N–H and O–H groups in total. The van der Waals surface area contributed by atoms with Crippen LogP contribution in [0.2, 0.25) is 0 Å². The van der Waals surface area contributed by atoms with Gasteiger partial charge < -0.3 is 9.47 Å². The first-order chi connectivity index (χ1) is 11.8. The zero-order valence-corrected chi connectivity index (χ0v) is 14.8. The Labute approximate surface area is 144 Å². The Morgan fingerprint density at radius 3 is 2.50 bits per heavy atom. The Hall–Kier alpha value is -0.950. The van der Waals surface area contributed by atoms with Crippen molar-refractivity contribution in [2.24, 2.45) is 7.05 Å². The largest absolute Gasteiger partial charge is 0.381 e. The summed E-state index contributed by atoms with van der Waals surface area (Å²) in [6, 6.07) is 1.93. The van der Waals surface area contributed by atoms with Gasteiger partial charge in [-0.15, -0.1) is 0 Å². The molecule has 3 aliphatic heterocycles. The maximum absolute atomic E-state index is 5.59. The molecular weight excluding hydrogens is 304 g/mol. The van der Waals surface area contributed by atoms with Crippen LogP contribution in [0.1, 0.15) is 24.8 Å². The van der Waals surface area contributed by atoms with Gasteiger partial charge in [0, 0.05) is 64.2 Å². The quantitative estimate of drug-likeness (QED) is 0.819. The lowest BCUT2D eigenvalue weighted by atomic mass is 9.98. The second-order valence-electron chi connectivity index (χ2n) is 7.38. The number of ether oxygens (including phenoxy) is 2. The summed E-state index contributed by atoms with van der Waals surface area (Å²) in [6.45, 7) is 6.98. The van der Waals surface area contributed by atoms with Gasteiger partial charge in [0.2, 0.25) is 0 Å². The molecule has 1 aromatic rings. The van der Waals surface area contributed by atoms with Gasteiger partial charge in [0.25, 0.3) is 0 Å². The van der Waals surface area contributed by atoms with Crippen LogP contribution in [0, 0.1) is 0 Å². The smallest absolute Gasteiger partial charge is 0.0594 e. The molecule has 4 rings (SSSR count). The predicted octanol–water partition coefficient (Wildman–Crippen LogP) is 0.917. The van der Waals surface area contributed by atoms with Crippen molar-refractivity contribution in [1.29, 1.82) is 0 Å². The van der Waals surface area contributed by atoms with Gasteiger partial charge in [-0.1, -0.05) is 0 Å². The molecule has 0 spiro atoms. The highest BCUT2D eigenvalue weighted by Gasteiger charge is 2.41. The van der Waals surface area contributed by atoms with E-state index in [1.165, 1.54) is 31.4 Å². The van der Waals surface area contributed by atoms with E-state index in [9.17, 15) is 0 Å². The van der Waals surface area contributed by atoms with Gasteiger partial charge >= 0.3 is 0 Å². The standard InChI is InChI=1S/C18H30N4O2/c1-20-14-15(13-19-20)12-18-17(21-6-10-24-11-7-21)2-5-22(18)16-3-8-23-9-4-16/h13-14,16-18H,2-12H2,1H3/t17-,18+/m0/s1. The lowest BCUT2D eigenvalue weighted by Gasteiger charge is -2.40. The number of likely N-dealkylation sites (tertiary alicyclic amines) is 1. The zero-order chi connectivity index (χ0) is 16.4. The summed E-state index contributed by atoms with van der Waals surface area (Å²) in [5, 5.41) is 4.38. The average Bonchev–Trinajstić information content (AvgIpc) is 3.23. The van der Waals surface area contributed by atoms with Crippen molar-refractivity contribution in [2.75, 3.05) is 46.1 Å². The van der Waals surface area contributed by atoms with E-state index in [1.807, 2.05) is 17.9 Å². The van der Waals surface area contributed by atoms with Crippen LogP contribution in [0.4, 0.5) is 0 Å². The average molecular weight is 334 g/mol. The Kier molecular flexibility index (Phi) is 5.17. The van der Waals surface area contributed by atoms with Crippen molar-refractivity contribution in [3.63, 3.8) is 0 Å². The van der Waals surface area contributed by atoms with Gasteiger partial charge in [-0.3, -0.25) is 14.5 Å². The summed E-state index contributed by atoms with van der Waals surface area (Å²) in [4.78, 5) is 5.46. The SMILES string of the molecule is Cn1cc(C[C@@H]2[C@@H](N3CCOCC3)CCN2C2CCOCC2)cn1. The Morgan fingerprint density at radius 2 is 1.79 bits per heavy atom. The molecule has 0 saturated carbocycles. The van der Waals surface area contributed by atoms with Crippen LogP contribution < -0.4 is 0 Å². The van der Waals surface area contributed by atoms with Gasteiger partial charge in [-0.05, 0) is 31.2 Å². The van der Waals surface area contributed by atoms with Crippen LogP contribution >= 0.6 is 0 Å². The van der Waals surface area contributed by atoms with Gasteiger partial charge in [0.05, 0.1) is 19.4 Å². The van der Waals surface area contributed by atoms with E-state index in [0.29, 0.717) is 18.1 Å². The highest BCUT2D eigenvalue weighted by Crippen LogP contribution is 2.31. The third kappa shape index (κ3) is 3.52. The fourth-order valence-electron chi connectivity index (χ4n) is 4.74. The van der Waals surface area contributed by atoms with Crippen LogP contribution in [0.25, 0.3) is 0 Å². The molecule has 3 saturated heterocycles. The number of morpholine rings is 1. The van der Waals surface area contributed by atoms with Crippen molar-refractivity contribution in [2.45, 2.75) is 43.8 Å². The number of nitrogens with zero attached hydrogens (tertiary/aromatic N) is 4. The molecular formula is C18H30N4O2. The summed E-state index contributed by atoms with van der Waals surface area (Å²) in [7, 11) is 2.01. The van der Waals surface area contributed by atoms with Crippen LogP contribution in [-0.2, 0) is 22.9 Å². The molecule has 24 heavy (non-hydrogen) atoms. The fourth-order valence-corrected chi connectivity index (χ4v) is 4.74. The highest BCUT2D eigenvalue weighted by atomic mass is 16.5. The molecule has 1 aromatic heterocycles. The van der Waals surface area contributed by atoms with E-state index in [2.05, 4.69) is 21.1 Å². The Morgan fingerprint density at radius 1 is 1.04 bits per heavy atom. The van der Waals surface area contributed by atoms with Crippen LogP contribution in [-0.4, -0.2) is 83.8 Å². The van der Waals surface area contributed by atoms with Gasteiger partial charge in [0.15, 0.2) is 0 Å². The van der Waals surface area contributed by atoms with Crippen LogP contribution in [0.5, 0.6) is 0 Å². The van der Waals surface area contributed by atoms with Crippen molar-refractivity contribution >= 4 is 0 Å². The van der Waals surface area contributed by atoms with Crippen LogP contribution in [0.3, 0.4) is 0 Å². The van der Waals surface area contributed by atoms with E-state index in [0.717, 1.165) is 45.9 Å². The maximum atomic E-state index is 5.59. The van der Waals surface area contributed by atoms with Crippen molar-refractivity contribution in [1.82, 2.24) is 19.6 Å². The lowest BCUT2D eigenvalue weighted by Crippen LogP contribution is -2.52. The molecule has 6 heteroatoms. The molecule has 3 fully saturated rings. The molecule has 4 heterocycles. The monoisotopic (exact) mass is 334 g/mol. The third-order valence-corrected chi connectivity index (χ3v) is 5.93. The summed E-state index contributed by atoms with van der Waals surface area (Å²) in [5.41, 5.74) is 1.36. The van der Waals surface area contributed by atoms with Crippen molar-refractivity contribution in [3.8, 4) is 0 Å². The molecule has 0 aliphatic carbocycles. The van der Waals surface area contributed by atoms with Crippen molar-refractivity contribution < 1.29 is 9.47 Å². The van der Waals surface area contributed by atoms with Gasteiger partial charge in [-0.2, -0.15) is 5.10 Å². The molecule has 0 amide bonds. The molecule has 0 radical (unpaired) electrons. The molecule has 0 unspecified atom stereocenters. The summed E-state index contributed by atoms with van der Waals surface area (Å²) in [5.74, 6) is 0. The normalized spacial score (nSPS) is 30.9. The molecule has 0 aromatic carbocycles. The highest BCUT2D eigenvalue weighted by molar-refractivity contribution is 5.10. The van der Waals surface area contributed by atoms with Gasteiger partial charge in [0.1, 0.15) is 0 Å². The molecule has 134 valence electrons. The zero-order valence-electron chi connectivity index (χ0n) is 14.8. The summed E-state index contributed by atoms with van der Waals surface area (Å²) < 4.78 is 13.1. The number of rotatable bonds is 4. The first kappa shape index (κ1) is 16.5. The third-order valence-electron chi connectivity index (χ3n) is 5.93. The minimum Gasteiger partial charge on any atom is -0.381 e. The molecule has 2 atom stereocenters. The topological polar surface area (TPSA) is 42.8 Å². The van der Waals surface area contributed by atoms with E-state index in [-0.39, 0.29) is 0 Å². The Balaban J connectivity index is 1.51.